The van der Waals surface area contributed by atoms with Crippen LogP contribution in [0.2, 0.25) is 0 Å². The molecular weight excluding hydrogens is 314 g/mol. The van der Waals surface area contributed by atoms with Gasteiger partial charge in [0.15, 0.2) is 5.78 Å². The first-order valence-electron chi connectivity index (χ1n) is 9.07. The van der Waals surface area contributed by atoms with Crippen LogP contribution in [0.4, 0.5) is 0 Å². The van der Waals surface area contributed by atoms with E-state index in [1.54, 1.807) is 0 Å². The third-order valence-corrected chi connectivity index (χ3v) is 4.63. The molecule has 1 aliphatic heterocycles. The van der Waals surface area contributed by atoms with E-state index in [0.717, 1.165) is 16.7 Å². The van der Waals surface area contributed by atoms with E-state index in [-0.39, 0.29) is 22.8 Å². The summed E-state index contributed by atoms with van der Waals surface area (Å²) >= 11 is 0. The molecule has 1 saturated heterocycles. The molecule has 1 aliphatic rings. The zero-order valence-electron chi connectivity index (χ0n) is 16.4. The van der Waals surface area contributed by atoms with E-state index in [4.69, 9.17) is 0 Å². The van der Waals surface area contributed by atoms with E-state index >= 15 is 0 Å². The highest BCUT2D eigenvalue weighted by atomic mass is 16.3. The fourth-order valence-corrected chi connectivity index (χ4v) is 3.10. The van der Waals surface area contributed by atoms with Gasteiger partial charge >= 0.3 is 0 Å². The summed E-state index contributed by atoms with van der Waals surface area (Å²) in [5.74, 6) is 0.556. The van der Waals surface area contributed by atoms with Crippen LogP contribution in [0.1, 0.15) is 64.7 Å². The molecule has 0 bridgehead atoms. The van der Waals surface area contributed by atoms with E-state index in [2.05, 4.69) is 69.6 Å². The SMILES string of the molecule is CC(C)(C)c1cc(CCC(=O)C2NCNCN2)cc(C(C)(C)C)c1O. The smallest absolute Gasteiger partial charge is 0.164 e. The van der Waals surface area contributed by atoms with Crippen LogP contribution in [-0.4, -0.2) is 30.4 Å². The minimum Gasteiger partial charge on any atom is -0.507 e. The van der Waals surface area contributed by atoms with Crippen molar-refractivity contribution in [1.29, 1.82) is 0 Å². The lowest BCUT2D eigenvalue weighted by atomic mass is 9.78. The van der Waals surface area contributed by atoms with Gasteiger partial charge in [-0.15, -0.1) is 0 Å². The lowest BCUT2D eigenvalue weighted by Gasteiger charge is -2.28. The predicted octanol–water partition coefficient (Wildman–Crippen LogP) is 2.51. The Kier molecular flexibility index (Phi) is 5.92. The lowest BCUT2D eigenvalue weighted by molar-refractivity contribution is -0.122. The molecule has 0 amide bonds. The van der Waals surface area contributed by atoms with E-state index in [9.17, 15) is 9.90 Å². The zero-order valence-corrected chi connectivity index (χ0v) is 16.4. The van der Waals surface area contributed by atoms with Gasteiger partial charge in [0.25, 0.3) is 0 Å². The molecule has 1 heterocycles. The fourth-order valence-electron chi connectivity index (χ4n) is 3.10. The van der Waals surface area contributed by atoms with Crippen molar-refractivity contribution in [2.45, 2.75) is 71.4 Å². The number of carbonyl (C=O) groups is 1. The van der Waals surface area contributed by atoms with E-state index in [0.29, 0.717) is 31.9 Å². The Labute approximate surface area is 151 Å². The van der Waals surface area contributed by atoms with Gasteiger partial charge in [0.1, 0.15) is 11.9 Å². The van der Waals surface area contributed by atoms with Crippen LogP contribution in [0.3, 0.4) is 0 Å². The van der Waals surface area contributed by atoms with Gasteiger partial charge in [-0.3, -0.25) is 20.7 Å². The van der Waals surface area contributed by atoms with Crippen LogP contribution in [0, 0.1) is 0 Å². The third kappa shape index (κ3) is 5.03. The molecule has 0 atom stereocenters. The number of benzene rings is 1. The molecule has 4 N–H and O–H groups in total. The number of ketones is 1. The molecule has 1 aromatic rings. The number of aromatic hydroxyl groups is 1. The van der Waals surface area contributed by atoms with Crippen LogP contribution in [0.5, 0.6) is 5.75 Å². The van der Waals surface area contributed by atoms with Crippen molar-refractivity contribution in [3.8, 4) is 5.75 Å². The topological polar surface area (TPSA) is 73.4 Å². The summed E-state index contributed by atoms with van der Waals surface area (Å²) in [6, 6.07) is 4.11. The number of phenols is 1. The van der Waals surface area contributed by atoms with Gasteiger partial charge in [0, 0.05) is 19.8 Å². The Balaban J connectivity index is 2.23. The summed E-state index contributed by atoms with van der Waals surface area (Å²) in [6.45, 7) is 13.9. The zero-order chi connectivity index (χ0) is 18.8. The number of hydrogen-bond donors (Lipinski definition) is 4. The molecule has 0 spiro atoms. The summed E-state index contributed by atoms with van der Waals surface area (Å²) in [5, 5.41) is 20.1. The summed E-state index contributed by atoms with van der Waals surface area (Å²) in [4.78, 5) is 12.4. The summed E-state index contributed by atoms with van der Waals surface area (Å²) in [5.41, 5.74) is 2.70. The second-order valence-electron chi connectivity index (χ2n) is 8.95. The molecule has 5 heteroatoms. The molecule has 1 fully saturated rings. The first-order valence-corrected chi connectivity index (χ1v) is 9.07. The van der Waals surface area contributed by atoms with Gasteiger partial charge in [-0.2, -0.15) is 0 Å². The van der Waals surface area contributed by atoms with Crippen molar-refractivity contribution in [2.24, 2.45) is 0 Å². The molecule has 0 aromatic heterocycles. The monoisotopic (exact) mass is 347 g/mol. The number of Topliss-reactive ketones (excluding diaryl/α,β-unsaturated/α-hetero) is 1. The number of rotatable bonds is 4. The Morgan fingerprint density at radius 3 is 1.96 bits per heavy atom. The highest BCUT2D eigenvalue weighted by Crippen LogP contribution is 2.39. The van der Waals surface area contributed by atoms with Crippen LogP contribution in [0.25, 0.3) is 0 Å². The number of aryl methyl sites for hydroxylation is 1. The Hall–Kier alpha value is -1.43. The number of carbonyl (C=O) groups excluding carboxylic acids is 1. The van der Waals surface area contributed by atoms with Crippen molar-refractivity contribution in [1.82, 2.24) is 16.0 Å². The molecule has 2 rings (SSSR count). The van der Waals surface area contributed by atoms with Gasteiger partial charge < -0.3 is 5.11 Å². The third-order valence-electron chi connectivity index (χ3n) is 4.63. The maximum atomic E-state index is 12.4. The Morgan fingerprint density at radius 1 is 1.04 bits per heavy atom. The predicted molar refractivity (Wildman–Crippen MR) is 102 cm³/mol. The number of hydrogen-bond acceptors (Lipinski definition) is 5. The average molecular weight is 348 g/mol. The Morgan fingerprint density at radius 2 is 1.52 bits per heavy atom. The van der Waals surface area contributed by atoms with Gasteiger partial charge in [-0.05, 0) is 33.9 Å². The van der Waals surface area contributed by atoms with Crippen molar-refractivity contribution < 1.29 is 9.90 Å². The minimum absolute atomic E-state index is 0.151. The quantitative estimate of drug-likeness (QED) is 0.674. The normalized spacial score (nSPS) is 16.9. The van der Waals surface area contributed by atoms with Crippen LogP contribution in [0.15, 0.2) is 12.1 Å². The van der Waals surface area contributed by atoms with Gasteiger partial charge in [-0.1, -0.05) is 53.7 Å². The molecule has 1 aromatic carbocycles. The van der Waals surface area contributed by atoms with E-state index in [1.165, 1.54) is 0 Å². The van der Waals surface area contributed by atoms with Crippen LogP contribution >= 0.6 is 0 Å². The maximum absolute atomic E-state index is 12.4. The first kappa shape index (κ1) is 19.9. The Bertz CT molecular complexity index is 586. The molecule has 5 nitrogen and oxygen atoms in total. The largest absolute Gasteiger partial charge is 0.507 e. The molecular formula is C20H33N3O2. The standard InChI is InChI=1S/C20H33N3O2/c1-19(2,3)14-9-13(10-15(17(14)25)20(4,5)6)7-8-16(24)18-22-11-21-12-23-18/h9-10,18,21-23,25H,7-8,11-12H2,1-6H3. The molecule has 0 unspecified atom stereocenters. The van der Waals surface area contributed by atoms with Gasteiger partial charge in [-0.25, -0.2) is 0 Å². The first-order chi connectivity index (χ1) is 11.5. The highest BCUT2D eigenvalue weighted by molar-refractivity contribution is 5.83. The highest BCUT2D eigenvalue weighted by Gasteiger charge is 2.27. The minimum atomic E-state index is -0.275. The molecule has 140 valence electrons. The second-order valence-corrected chi connectivity index (χ2v) is 8.95. The summed E-state index contributed by atoms with van der Waals surface area (Å²) in [6.07, 6.45) is 0.879. The summed E-state index contributed by atoms with van der Waals surface area (Å²) in [7, 11) is 0. The molecule has 0 saturated carbocycles. The van der Waals surface area contributed by atoms with E-state index in [1.807, 2.05) is 0 Å². The van der Waals surface area contributed by atoms with Gasteiger partial charge in [0.2, 0.25) is 0 Å². The van der Waals surface area contributed by atoms with Crippen LogP contribution < -0.4 is 16.0 Å². The van der Waals surface area contributed by atoms with E-state index < -0.39 is 0 Å². The van der Waals surface area contributed by atoms with Crippen molar-refractivity contribution in [3.63, 3.8) is 0 Å². The van der Waals surface area contributed by atoms with Gasteiger partial charge in [0.05, 0.1) is 0 Å². The second kappa shape index (κ2) is 7.44. The number of nitrogens with one attached hydrogen (secondary N) is 3. The number of phenolic OH excluding ortho intramolecular Hbond substituents is 1. The van der Waals surface area contributed by atoms with Crippen molar-refractivity contribution >= 4 is 5.78 Å². The van der Waals surface area contributed by atoms with Crippen LogP contribution in [-0.2, 0) is 22.0 Å². The average Bonchev–Trinajstić information content (AvgIpc) is 2.52. The van der Waals surface area contributed by atoms with Crippen molar-refractivity contribution in [3.05, 3.63) is 28.8 Å². The molecule has 0 aliphatic carbocycles. The fraction of sp³-hybridized carbons (Fsp3) is 0.650. The summed E-state index contributed by atoms with van der Waals surface area (Å²) < 4.78 is 0. The molecule has 0 radical (unpaired) electrons. The lowest BCUT2D eigenvalue weighted by Crippen LogP contribution is -2.59. The molecule has 25 heavy (non-hydrogen) atoms. The van der Waals surface area contributed by atoms with Crippen molar-refractivity contribution in [2.75, 3.05) is 13.3 Å². The maximum Gasteiger partial charge on any atom is 0.164 e.